The topological polar surface area (TPSA) is 67.2 Å². The molecular formula is C27H27FN4O2S. The summed E-state index contributed by atoms with van der Waals surface area (Å²) >= 11 is 1.41. The van der Waals surface area contributed by atoms with E-state index in [1.54, 1.807) is 23.6 Å². The van der Waals surface area contributed by atoms with Crippen molar-refractivity contribution in [3.05, 3.63) is 86.8 Å². The molecule has 5 rings (SSSR count). The van der Waals surface area contributed by atoms with Gasteiger partial charge in [0.05, 0.1) is 12.1 Å². The van der Waals surface area contributed by atoms with Crippen molar-refractivity contribution in [3.63, 3.8) is 0 Å². The van der Waals surface area contributed by atoms with Crippen LogP contribution in [-0.4, -0.2) is 28.5 Å². The van der Waals surface area contributed by atoms with Crippen LogP contribution in [0.2, 0.25) is 0 Å². The van der Waals surface area contributed by atoms with Gasteiger partial charge in [-0.05, 0) is 67.5 Å². The number of thiophene rings is 1. The monoisotopic (exact) mass is 490 g/mol. The molecule has 1 saturated heterocycles. The normalized spacial score (nSPS) is 14.4. The number of aromatic nitrogens is 2. The minimum absolute atomic E-state index is 0.0351. The number of nitrogens with one attached hydrogen (secondary N) is 1. The second kappa shape index (κ2) is 9.62. The first-order valence-corrected chi connectivity index (χ1v) is 12.6. The smallest absolute Gasteiger partial charge is 0.273 e. The number of halogens is 1. The van der Waals surface area contributed by atoms with Crippen molar-refractivity contribution >= 4 is 39.1 Å². The Balaban J connectivity index is 1.35. The lowest BCUT2D eigenvalue weighted by Gasteiger charge is -2.33. The summed E-state index contributed by atoms with van der Waals surface area (Å²) in [6.07, 6.45) is 1.29. The fraction of sp³-hybridized carbons (Fsp3) is 0.296. The minimum atomic E-state index is -0.289. The zero-order chi connectivity index (χ0) is 24.5. The summed E-state index contributed by atoms with van der Waals surface area (Å²) in [5.74, 6) is 0.144. The van der Waals surface area contributed by atoms with E-state index in [0.29, 0.717) is 59.9 Å². The molecular weight excluding hydrogens is 463 g/mol. The molecule has 1 aliphatic rings. The average molecular weight is 491 g/mol. The third kappa shape index (κ3) is 4.84. The Morgan fingerprint density at radius 3 is 2.57 bits per heavy atom. The number of rotatable bonds is 5. The second-order valence-corrected chi connectivity index (χ2v) is 10.1. The summed E-state index contributed by atoms with van der Waals surface area (Å²) in [6.45, 7) is 5.40. The largest absolute Gasteiger partial charge is 0.342 e. The van der Waals surface area contributed by atoms with Gasteiger partial charge in [-0.2, -0.15) is 0 Å². The Bertz CT molecular complexity index is 1440. The van der Waals surface area contributed by atoms with Gasteiger partial charge in [-0.15, -0.1) is 11.3 Å². The molecule has 2 aromatic heterocycles. The van der Waals surface area contributed by atoms with Crippen LogP contribution in [0.5, 0.6) is 0 Å². The van der Waals surface area contributed by atoms with Gasteiger partial charge in [0.2, 0.25) is 11.9 Å². The van der Waals surface area contributed by atoms with E-state index < -0.39 is 0 Å². The van der Waals surface area contributed by atoms with Gasteiger partial charge in [0.15, 0.2) is 0 Å². The molecule has 180 valence electrons. The maximum Gasteiger partial charge on any atom is 0.273 e. The lowest BCUT2D eigenvalue weighted by atomic mass is 9.96. The van der Waals surface area contributed by atoms with Gasteiger partial charge in [-0.1, -0.05) is 29.8 Å². The first-order valence-electron chi connectivity index (χ1n) is 11.7. The van der Waals surface area contributed by atoms with E-state index in [1.807, 2.05) is 42.6 Å². The summed E-state index contributed by atoms with van der Waals surface area (Å²) in [7, 11) is 0. The summed E-state index contributed by atoms with van der Waals surface area (Å²) in [4.78, 5) is 33.2. The van der Waals surface area contributed by atoms with E-state index in [1.165, 1.54) is 23.0 Å². The number of carbonyl (C=O) groups is 1. The Morgan fingerprint density at radius 2 is 1.86 bits per heavy atom. The zero-order valence-corrected chi connectivity index (χ0v) is 20.6. The molecule has 1 N–H and O–H groups in total. The van der Waals surface area contributed by atoms with Gasteiger partial charge in [0.1, 0.15) is 10.5 Å². The van der Waals surface area contributed by atoms with Crippen LogP contribution >= 0.6 is 11.3 Å². The van der Waals surface area contributed by atoms with E-state index in [2.05, 4.69) is 10.2 Å². The van der Waals surface area contributed by atoms with Gasteiger partial charge in [-0.3, -0.25) is 14.2 Å². The van der Waals surface area contributed by atoms with Crippen molar-refractivity contribution in [1.29, 1.82) is 0 Å². The van der Waals surface area contributed by atoms with E-state index in [-0.39, 0.29) is 23.2 Å². The second-order valence-electron chi connectivity index (χ2n) is 9.14. The predicted octanol–water partition coefficient (Wildman–Crippen LogP) is 5.12. The van der Waals surface area contributed by atoms with Gasteiger partial charge in [-0.25, -0.2) is 9.37 Å². The first-order chi connectivity index (χ1) is 16.9. The Hall–Kier alpha value is -3.52. The molecule has 6 nitrogen and oxygen atoms in total. The van der Waals surface area contributed by atoms with Crippen LogP contribution in [0.3, 0.4) is 0 Å². The van der Waals surface area contributed by atoms with Gasteiger partial charge < -0.3 is 10.2 Å². The molecule has 4 aromatic rings. The fourth-order valence-electron chi connectivity index (χ4n) is 4.50. The molecule has 0 bridgehead atoms. The SMILES string of the molecule is Cc1ccc(Cn2c(N3CCC(C(=O)Nc4ccc(F)c(C)c4)CC3)nc3ccsc3c2=O)cc1. The summed E-state index contributed by atoms with van der Waals surface area (Å²) in [5.41, 5.74) is 3.99. The zero-order valence-electron chi connectivity index (χ0n) is 19.8. The van der Waals surface area contributed by atoms with Crippen LogP contribution in [0.1, 0.15) is 29.5 Å². The number of hydrogen-bond donors (Lipinski definition) is 1. The predicted molar refractivity (Wildman–Crippen MR) is 139 cm³/mol. The lowest BCUT2D eigenvalue weighted by Crippen LogP contribution is -2.41. The number of piperidine rings is 1. The molecule has 0 spiro atoms. The number of anilines is 2. The average Bonchev–Trinajstić information content (AvgIpc) is 3.33. The molecule has 0 aliphatic carbocycles. The van der Waals surface area contributed by atoms with Crippen molar-refractivity contribution < 1.29 is 9.18 Å². The number of amides is 1. The maximum atomic E-state index is 13.5. The van der Waals surface area contributed by atoms with Crippen LogP contribution in [0.25, 0.3) is 10.2 Å². The molecule has 0 radical (unpaired) electrons. The van der Waals surface area contributed by atoms with Crippen molar-refractivity contribution in [3.8, 4) is 0 Å². The van der Waals surface area contributed by atoms with E-state index >= 15 is 0 Å². The molecule has 8 heteroatoms. The quantitative estimate of drug-likeness (QED) is 0.422. The van der Waals surface area contributed by atoms with Gasteiger partial charge in [0, 0.05) is 24.7 Å². The highest BCUT2D eigenvalue weighted by Gasteiger charge is 2.28. The molecule has 1 fully saturated rings. The van der Waals surface area contributed by atoms with Crippen LogP contribution in [0.4, 0.5) is 16.0 Å². The Labute approximate surface area is 207 Å². The van der Waals surface area contributed by atoms with Crippen LogP contribution in [0, 0.1) is 25.6 Å². The van der Waals surface area contributed by atoms with Gasteiger partial charge >= 0.3 is 0 Å². The standard InChI is InChI=1S/C27H27FN4O2S/c1-17-3-5-19(6-4-17)16-32-26(34)24-23(11-14-35-24)30-27(32)31-12-9-20(10-13-31)25(33)29-21-7-8-22(28)18(2)15-21/h3-8,11,14-15,20H,9-10,12-13,16H2,1-2H3,(H,29,33). The maximum absolute atomic E-state index is 13.5. The Morgan fingerprint density at radius 1 is 1.11 bits per heavy atom. The Kier molecular flexibility index (Phi) is 6.38. The lowest BCUT2D eigenvalue weighted by molar-refractivity contribution is -0.120. The molecule has 0 unspecified atom stereocenters. The van der Waals surface area contributed by atoms with Crippen molar-refractivity contribution in [1.82, 2.24) is 9.55 Å². The van der Waals surface area contributed by atoms with E-state index in [0.717, 1.165) is 5.56 Å². The number of benzene rings is 2. The molecule has 2 aromatic carbocycles. The number of nitrogens with zero attached hydrogens (tertiary/aromatic N) is 3. The third-order valence-corrected chi connectivity index (χ3v) is 7.47. The first kappa shape index (κ1) is 23.2. The number of fused-ring (bicyclic) bond motifs is 1. The molecule has 0 saturated carbocycles. The number of carbonyl (C=O) groups excluding carboxylic acids is 1. The van der Waals surface area contributed by atoms with Gasteiger partial charge in [0.25, 0.3) is 5.56 Å². The van der Waals surface area contributed by atoms with Crippen LogP contribution < -0.4 is 15.8 Å². The fourth-order valence-corrected chi connectivity index (χ4v) is 5.28. The highest BCUT2D eigenvalue weighted by atomic mass is 32.1. The highest BCUT2D eigenvalue weighted by Crippen LogP contribution is 2.26. The van der Waals surface area contributed by atoms with Crippen molar-refractivity contribution in [2.24, 2.45) is 5.92 Å². The van der Waals surface area contributed by atoms with Crippen LogP contribution in [-0.2, 0) is 11.3 Å². The third-order valence-electron chi connectivity index (χ3n) is 6.58. The van der Waals surface area contributed by atoms with E-state index in [4.69, 9.17) is 4.98 Å². The molecule has 0 atom stereocenters. The van der Waals surface area contributed by atoms with Crippen LogP contribution in [0.15, 0.2) is 58.7 Å². The molecule has 1 aliphatic heterocycles. The molecule has 35 heavy (non-hydrogen) atoms. The summed E-state index contributed by atoms with van der Waals surface area (Å²) < 4.78 is 16.0. The highest BCUT2D eigenvalue weighted by molar-refractivity contribution is 7.17. The van der Waals surface area contributed by atoms with Crippen molar-refractivity contribution in [2.45, 2.75) is 33.2 Å². The number of aryl methyl sites for hydroxylation is 2. The summed E-state index contributed by atoms with van der Waals surface area (Å²) in [5, 5.41) is 4.81. The van der Waals surface area contributed by atoms with E-state index in [9.17, 15) is 14.0 Å². The molecule has 3 heterocycles. The summed E-state index contributed by atoms with van der Waals surface area (Å²) in [6, 6.07) is 14.6. The number of hydrogen-bond acceptors (Lipinski definition) is 5. The minimum Gasteiger partial charge on any atom is -0.342 e. The van der Waals surface area contributed by atoms with Crippen molar-refractivity contribution in [2.75, 3.05) is 23.3 Å². The molecule has 1 amide bonds.